The van der Waals surface area contributed by atoms with Crippen LogP contribution in [0.2, 0.25) is 0 Å². The fraction of sp³-hybridized carbons (Fsp3) is 0.333. The van der Waals surface area contributed by atoms with Crippen LogP contribution in [0.15, 0.2) is 60.8 Å². The molecule has 10 heteroatoms. The van der Waals surface area contributed by atoms with E-state index in [0.717, 1.165) is 48.9 Å². The minimum atomic E-state index is -3.41. The van der Waals surface area contributed by atoms with E-state index in [-0.39, 0.29) is 5.75 Å². The van der Waals surface area contributed by atoms with Crippen molar-refractivity contribution in [2.75, 3.05) is 60.7 Å². The van der Waals surface area contributed by atoms with Crippen molar-refractivity contribution in [1.29, 1.82) is 0 Å². The summed E-state index contributed by atoms with van der Waals surface area (Å²) in [5, 5.41) is 3.24. The Kier molecular flexibility index (Phi) is 7.94. The number of methoxy groups -OCH3 is 1. The molecule has 2 N–H and O–H groups in total. The lowest BCUT2D eigenvalue weighted by atomic mass is 10.1. The Morgan fingerprint density at radius 3 is 2.41 bits per heavy atom. The average molecular weight is 484 g/mol. The highest BCUT2D eigenvalue weighted by Crippen LogP contribution is 2.24. The minimum absolute atomic E-state index is 0.0109. The summed E-state index contributed by atoms with van der Waals surface area (Å²) in [4.78, 5) is 11.2. The first-order valence-corrected chi connectivity index (χ1v) is 12.8. The van der Waals surface area contributed by atoms with Crippen LogP contribution in [0, 0.1) is 0 Å². The maximum atomic E-state index is 12.2. The second-order valence-corrected chi connectivity index (χ2v) is 9.72. The van der Waals surface area contributed by atoms with E-state index in [1.54, 1.807) is 25.4 Å². The second kappa shape index (κ2) is 11.3. The molecule has 3 aromatic rings. The number of sulfonamides is 1. The molecule has 180 valence electrons. The third-order valence-corrected chi connectivity index (χ3v) is 6.74. The smallest absolute Gasteiger partial charge is 0.232 e. The summed E-state index contributed by atoms with van der Waals surface area (Å²) in [5.41, 5.74) is 4.16. The van der Waals surface area contributed by atoms with Gasteiger partial charge in [0.15, 0.2) is 0 Å². The van der Waals surface area contributed by atoms with E-state index < -0.39 is 10.0 Å². The molecule has 1 fully saturated rings. The van der Waals surface area contributed by atoms with Crippen LogP contribution in [0.5, 0.6) is 0 Å². The number of anilines is 4. The average Bonchev–Trinajstić information content (AvgIpc) is 2.85. The molecular formula is C24H29N5O4S. The van der Waals surface area contributed by atoms with Gasteiger partial charge in [0.2, 0.25) is 16.0 Å². The topological polar surface area (TPSA) is 106 Å². The van der Waals surface area contributed by atoms with Gasteiger partial charge in [-0.2, -0.15) is 0 Å². The van der Waals surface area contributed by atoms with E-state index in [1.165, 1.54) is 0 Å². The van der Waals surface area contributed by atoms with Crippen LogP contribution in [0.4, 0.5) is 23.0 Å². The molecule has 1 aromatic heterocycles. The number of rotatable bonds is 10. The van der Waals surface area contributed by atoms with Crippen molar-refractivity contribution >= 4 is 33.0 Å². The van der Waals surface area contributed by atoms with Crippen molar-refractivity contribution in [3.8, 4) is 11.3 Å². The molecule has 0 bridgehead atoms. The van der Waals surface area contributed by atoms with Gasteiger partial charge in [0, 0.05) is 55.6 Å². The lowest BCUT2D eigenvalue weighted by Crippen LogP contribution is -2.36. The molecule has 1 saturated heterocycles. The molecule has 1 aliphatic rings. The Morgan fingerprint density at radius 2 is 1.71 bits per heavy atom. The van der Waals surface area contributed by atoms with E-state index in [2.05, 4.69) is 37.0 Å². The number of hydrogen-bond acceptors (Lipinski definition) is 8. The van der Waals surface area contributed by atoms with Crippen LogP contribution >= 0.6 is 0 Å². The maximum Gasteiger partial charge on any atom is 0.232 e. The number of morpholine rings is 1. The van der Waals surface area contributed by atoms with Gasteiger partial charge in [-0.05, 0) is 48.9 Å². The SMILES string of the molecule is COCCCS(=O)(=O)Nc1ccc(-c2ccnc(Nc3ccc(N4CCOCC4)cc3)n2)cc1. The third-order valence-electron chi connectivity index (χ3n) is 5.37. The van der Waals surface area contributed by atoms with E-state index in [1.807, 2.05) is 30.3 Å². The van der Waals surface area contributed by atoms with E-state index >= 15 is 0 Å². The van der Waals surface area contributed by atoms with E-state index in [9.17, 15) is 8.42 Å². The molecule has 2 heterocycles. The molecule has 0 amide bonds. The van der Waals surface area contributed by atoms with Gasteiger partial charge in [0.05, 0.1) is 24.7 Å². The summed E-state index contributed by atoms with van der Waals surface area (Å²) in [6.45, 7) is 3.70. The molecule has 2 aromatic carbocycles. The highest BCUT2D eigenvalue weighted by Gasteiger charge is 2.12. The molecule has 0 aliphatic carbocycles. The lowest BCUT2D eigenvalue weighted by Gasteiger charge is -2.28. The first kappa shape index (κ1) is 23.9. The zero-order valence-electron chi connectivity index (χ0n) is 19.1. The molecule has 0 atom stereocenters. The van der Waals surface area contributed by atoms with Crippen LogP contribution < -0.4 is 14.9 Å². The lowest BCUT2D eigenvalue weighted by molar-refractivity contribution is 0.122. The summed E-state index contributed by atoms with van der Waals surface area (Å²) in [6, 6.07) is 17.1. The van der Waals surface area contributed by atoms with Crippen molar-refractivity contribution in [3.63, 3.8) is 0 Å². The molecule has 9 nitrogen and oxygen atoms in total. The van der Waals surface area contributed by atoms with Crippen molar-refractivity contribution < 1.29 is 17.9 Å². The van der Waals surface area contributed by atoms with Crippen molar-refractivity contribution in [2.24, 2.45) is 0 Å². The number of nitrogens with one attached hydrogen (secondary N) is 2. The molecule has 1 aliphatic heterocycles. The first-order valence-electron chi connectivity index (χ1n) is 11.2. The Bertz CT molecular complexity index is 1160. The van der Waals surface area contributed by atoms with Gasteiger partial charge in [-0.3, -0.25) is 4.72 Å². The Labute approximate surface area is 200 Å². The molecular weight excluding hydrogens is 454 g/mol. The third kappa shape index (κ3) is 6.66. The number of aromatic nitrogens is 2. The van der Waals surface area contributed by atoms with E-state index in [0.29, 0.717) is 24.7 Å². The summed E-state index contributed by atoms with van der Waals surface area (Å²) in [7, 11) is -1.86. The van der Waals surface area contributed by atoms with Gasteiger partial charge < -0.3 is 19.7 Å². The highest BCUT2D eigenvalue weighted by molar-refractivity contribution is 7.92. The molecule has 0 radical (unpaired) electrons. The summed E-state index contributed by atoms with van der Waals surface area (Å²) in [6.07, 6.45) is 2.13. The van der Waals surface area contributed by atoms with Gasteiger partial charge in [-0.1, -0.05) is 12.1 Å². The second-order valence-electron chi connectivity index (χ2n) is 7.88. The molecule has 0 unspecified atom stereocenters. The highest BCUT2D eigenvalue weighted by atomic mass is 32.2. The van der Waals surface area contributed by atoms with Gasteiger partial charge in [-0.25, -0.2) is 18.4 Å². The monoisotopic (exact) mass is 483 g/mol. The normalized spacial score (nSPS) is 14.1. The van der Waals surface area contributed by atoms with Crippen molar-refractivity contribution in [3.05, 3.63) is 60.8 Å². The zero-order valence-corrected chi connectivity index (χ0v) is 19.9. The van der Waals surface area contributed by atoms with Gasteiger partial charge >= 0.3 is 0 Å². The van der Waals surface area contributed by atoms with Crippen LogP contribution in [-0.2, 0) is 19.5 Å². The van der Waals surface area contributed by atoms with Crippen LogP contribution in [0.3, 0.4) is 0 Å². The van der Waals surface area contributed by atoms with Crippen molar-refractivity contribution in [1.82, 2.24) is 9.97 Å². The summed E-state index contributed by atoms with van der Waals surface area (Å²) >= 11 is 0. The fourth-order valence-electron chi connectivity index (χ4n) is 3.62. The molecule has 4 rings (SSSR count). The van der Waals surface area contributed by atoms with Crippen LogP contribution in [-0.4, -0.2) is 64.2 Å². The summed E-state index contributed by atoms with van der Waals surface area (Å²) in [5.74, 6) is 0.497. The number of benzene rings is 2. The van der Waals surface area contributed by atoms with Crippen LogP contribution in [0.25, 0.3) is 11.3 Å². The van der Waals surface area contributed by atoms with Gasteiger partial charge in [0.25, 0.3) is 0 Å². The van der Waals surface area contributed by atoms with Gasteiger partial charge in [0.1, 0.15) is 0 Å². The number of hydrogen-bond donors (Lipinski definition) is 2. The van der Waals surface area contributed by atoms with Crippen molar-refractivity contribution in [2.45, 2.75) is 6.42 Å². The molecule has 34 heavy (non-hydrogen) atoms. The number of nitrogens with zero attached hydrogens (tertiary/aromatic N) is 3. The fourth-order valence-corrected chi connectivity index (χ4v) is 4.71. The Morgan fingerprint density at radius 1 is 1.00 bits per heavy atom. The maximum absolute atomic E-state index is 12.2. The first-order chi connectivity index (χ1) is 16.5. The molecule has 0 spiro atoms. The quantitative estimate of drug-likeness (QED) is 0.422. The number of ether oxygens (including phenoxy) is 2. The largest absolute Gasteiger partial charge is 0.385 e. The zero-order chi connectivity index (χ0) is 23.8. The standard InChI is InChI=1S/C24H29N5O4S/c1-32-15-2-18-34(30,31)28-21-5-3-19(4-6-21)23-11-12-25-24(27-23)26-20-7-9-22(10-8-20)29-13-16-33-17-14-29/h3-12,28H,2,13-18H2,1H3,(H,25,26,27). The Balaban J connectivity index is 1.39. The van der Waals surface area contributed by atoms with E-state index in [4.69, 9.17) is 9.47 Å². The summed E-state index contributed by atoms with van der Waals surface area (Å²) < 4.78 is 37.2. The Hall–Kier alpha value is -3.21. The predicted molar refractivity (Wildman–Crippen MR) is 134 cm³/mol. The predicted octanol–water partition coefficient (Wildman–Crippen LogP) is 3.50. The van der Waals surface area contributed by atoms with Crippen LogP contribution in [0.1, 0.15) is 6.42 Å². The molecule has 0 saturated carbocycles. The minimum Gasteiger partial charge on any atom is -0.385 e. The van der Waals surface area contributed by atoms with Gasteiger partial charge in [-0.15, -0.1) is 0 Å².